The number of piperazine rings is 1. The van der Waals surface area contributed by atoms with Crippen LogP contribution < -0.4 is 5.32 Å². The Labute approximate surface area is 104 Å². The van der Waals surface area contributed by atoms with Crippen molar-refractivity contribution in [3.05, 3.63) is 0 Å². The predicted octanol–water partition coefficient (Wildman–Crippen LogP) is 1.56. The molecular weight excluding hydrogens is 216 g/mol. The molecule has 1 aliphatic rings. The molecule has 1 rings (SSSR count). The molecule has 0 aromatic carbocycles. The lowest BCUT2D eigenvalue weighted by atomic mass is 9.96. The standard InChI is InChI=1S/C13H26N2O2/c1-10(2)5-6-15-8-11(7-12(16)17)14-13(3,4)9-15/h10-11,14H,5-9H2,1-4H3,(H,16,17). The topological polar surface area (TPSA) is 52.6 Å². The zero-order valence-corrected chi connectivity index (χ0v) is 11.5. The van der Waals surface area contributed by atoms with Crippen LogP contribution in [-0.4, -0.2) is 47.2 Å². The number of hydrogen-bond acceptors (Lipinski definition) is 3. The Bertz CT molecular complexity index is 264. The smallest absolute Gasteiger partial charge is 0.304 e. The second-order valence-corrected chi connectivity index (χ2v) is 6.24. The van der Waals surface area contributed by atoms with Crippen molar-refractivity contribution < 1.29 is 9.90 Å². The summed E-state index contributed by atoms with van der Waals surface area (Å²) in [4.78, 5) is 13.2. The van der Waals surface area contributed by atoms with E-state index in [1.54, 1.807) is 0 Å². The van der Waals surface area contributed by atoms with Gasteiger partial charge in [-0.25, -0.2) is 0 Å². The molecule has 17 heavy (non-hydrogen) atoms. The number of nitrogens with one attached hydrogen (secondary N) is 1. The number of nitrogens with zero attached hydrogens (tertiary/aromatic N) is 1. The van der Waals surface area contributed by atoms with Crippen LogP contribution in [0.4, 0.5) is 0 Å². The van der Waals surface area contributed by atoms with Gasteiger partial charge in [-0.2, -0.15) is 0 Å². The summed E-state index contributed by atoms with van der Waals surface area (Å²) in [6.07, 6.45) is 1.39. The minimum absolute atomic E-state index is 0.00927. The van der Waals surface area contributed by atoms with Crippen molar-refractivity contribution >= 4 is 5.97 Å². The molecule has 0 aromatic rings. The van der Waals surface area contributed by atoms with E-state index in [9.17, 15) is 4.79 Å². The van der Waals surface area contributed by atoms with E-state index in [4.69, 9.17) is 5.11 Å². The average Bonchev–Trinajstić information content (AvgIpc) is 2.10. The van der Waals surface area contributed by atoms with Crippen LogP contribution in [0.1, 0.15) is 40.5 Å². The van der Waals surface area contributed by atoms with Gasteiger partial charge in [0.1, 0.15) is 0 Å². The average molecular weight is 242 g/mol. The molecule has 1 aliphatic heterocycles. The fourth-order valence-electron chi connectivity index (χ4n) is 2.52. The summed E-state index contributed by atoms with van der Waals surface area (Å²) in [5, 5.41) is 12.3. The molecule has 0 aliphatic carbocycles. The van der Waals surface area contributed by atoms with Gasteiger partial charge in [0.05, 0.1) is 6.42 Å². The summed E-state index contributed by atoms with van der Waals surface area (Å²) in [7, 11) is 0. The first-order chi connectivity index (χ1) is 7.78. The maximum Gasteiger partial charge on any atom is 0.304 e. The predicted molar refractivity (Wildman–Crippen MR) is 69.2 cm³/mol. The summed E-state index contributed by atoms with van der Waals surface area (Å²) in [6, 6.07) is 0.0726. The highest BCUT2D eigenvalue weighted by Crippen LogP contribution is 2.17. The van der Waals surface area contributed by atoms with E-state index in [0.717, 1.165) is 19.6 Å². The highest BCUT2D eigenvalue weighted by Gasteiger charge is 2.32. The molecule has 0 radical (unpaired) electrons. The number of aliphatic carboxylic acids is 1. The van der Waals surface area contributed by atoms with Crippen molar-refractivity contribution in [1.82, 2.24) is 10.2 Å². The Kier molecular flexibility index (Phi) is 4.95. The first kappa shape index (κ1) is 14.5. The van der Waals surface area contributed by atoms with Crippen LogP contribution in [0.5, 0.6) is 0 Å². The maximum atomic E-state index is 10.8. The molecule has 1 fully saturated rings. The lowest BCUT2D eigenvalue weighted by molar-refractivity contribution is -0.138. The molecule has 0 amide bonds. The van der Waals surface area contributed by atoms with Crippen molar-refractivity contribution in [2.45, 2.75) is 52.1 Å². The van der Waals surface area contributed by atoms with Crippen LogP contribution in [0.25, 0.3) is 0 Å². The summed E-state index contributed by atoms with van der Waals surface area (Å²) in [6.45, 7) is 11.6. The monoisotopic (exact) mass is 242 g/mol. The van der Waals surface area contributed by atoms with Crippen LogP contribution in [0.15, 0.2) is 0 Å². The molecule has 0 aromatic heterocycles. The van der Waals surface area contributed by atoms with E-state index in [1.807, 2.05) is 0 Å². The maximum absolute atomic E-state index is 10.8. The Morgan fingerprint density at radius 1 is 1.53 bits per heavy atom. The minimum Gasteiger partial charge on any atom is -0.481 e. The van der Waals surface area contributed by atoms with Gasteiger partial charge < -0.3 is 10.4 Å². The van der Waals surface area contributed by atoms with Crippen LogP contribution in [0, 0.1) is 5.92 Å². The van der Waals surface area contributed by atoms with E-state index in [1.165, 1.54) is 6.42 Å². The Hall–Kier alpha value is -0.610. The zero-order valence-electron chi connectivity index (χ0n) is 11.5. The fourth-order valence-corrected chi connectivity index (χ4v) is 2.52. The molecular formula is C13H26N2O2. The fraction of sp³-hybridized carbons (Fsp3) is 0.923. The number of carboxylic acids is 1. The van der Waals surface area contributed by atoms with Gasteiger partial charge in [-0.1, -0.05) is 13.8 Å². The summed E-state index contributed by atoms with van der Waals surface area (Å²) >= 11 is 0. The van der Waals surface area contributed by atoms with Crippen molar-refractivity contribution in [3.8, 4) is 0 Å². The molecule has 0 bridgehead atoms. The zero-order chi connectivity index (χ0) is 13.1. The summed E-state index contributed by atoms with van der Waals surface area (Å²) in [5.74, 6) is -0.0186. The first-order valence-corrected chi connectivity index (χ1v) is 6.50. The lowest BCUT2D eigenvalue weighted by Gasteiger charge is -2.43. The van der Waals surface area contributed by atoms with Gasteiger partial charge in [-0.05, 0) is 32.7 Å². The van der Waals surface area contributed by atoms with E-state index in [-0.39, 0.29) is 18.0 Å². The molecule has 2 N–H and O–H groups in total. The largest absolute Gasteiger partial charge is 0.481 e. The minimum atomic E-state index is -0.719. The lowest BCUT2D eigenvalue weighted by Crippen LogP contribution is -2.62. The Morgan fingerprint density at radius 2 is 2.18 bits per heavy atom. The van der Waals surface area contributed by atoms with Gasteiger partial charge in [-0.3, -0.25) is 9.69 Å². The van der Waals surface area contributed by atoms with Gasteiger partial charge in [0.25, 0.3) is 0 Å². The van der Waals surface area contributed by atoms with E-state index >= 15 is 0 Å². The second kappa shape index (κ2) is 5.83. The molecule has 4 nitrogen and oxygen atoms in total. The molecule has 1 heterocycles. The van der Waals surface area contributed by atoms with Crippen LogP contribution in [0.2, 0.25) is 0 Å². The van der Waals surface area contributed by atoms with Crippen molar-refractivity contribution in [2.24, 2.45) is 5.92 Å². The van der Waals surface area contributed by atoms with E-state index in [2.05, 4.69) is 37.9 Å². The highest BCUT2D eigenvalue weighted by atomic mass is 16.4. The molecule has 4 heteroatoms. The van der Waals surface area contributed by atoms with Crippen LogP contribution in [0.3, 0.4) is 0 Å². The molecule has 100 valence electrons. The van der Waals surface area contributed by atoms with Gasteiger partial charge in [-0.15, -0.1) is 0 Å². The van der Waals surface area contributed by atoms with Gasteiger partial charge in [0.15, 0.2) is 0 Å². The number of carboxylic acid groups (broad SMARTS) is 1. The van der Waals surface area contributed by atoms with Gasteiger partial charge in [0, 0.05) is 24.7 Å². The highest BCUT2D eigenvalue weighted by molar-refractivity contribution is 5.67. The molecule has 1 atom stereocenters. The number of rotatable bonds is 5. The van der Waals surface area contributed by atoms with E-state index < -0.39 is 5.97 Å². The third kappa shape index (κ3) is 5.50. The van der Waals surface area contributed by atoms with Gasteiger partial charge in [0.2, 0.25) is 0 Å². The van der Waals surface area contributed by atoms with Crippen molar-refractivity contribution in [1.29, 1.82) is 0 Å². The van der Waals surface area contributed by atoms with Crippen LogP contribution in [-0.2, 0) is 4.79 Å². The number of carbonyl (C=O) groups is 1. The normalized spacial score (nSPS) is 25.1. The number of hydrogen-bond donors (Lipinski definition) is 2. The molecule has 0 saturated carbocycles. The van der Waals surface area contributed by atoms with Crippen LogP contribution >= 0.6 is 0 Å². The summed E-state index contributed by atoms with van der Waals surface area (Å²) in [5.41, 5.74) is 0.00927. The van der Waals surface area contributed by atoms with Crippen molar-refractivity contribution in [3.63, 3.8) is 0 Å². The SMILES string of the molecule is CC(C)CCN1CC(CC(=O)O)NC(C)(C)C1. The van der Waals surface area contributed by atoms with Gasteiger partial charge >= 0.3 is 5.97 Å². The van der Waals surface area contributed by atoms with Crippen molar-refractivity contribution in [2.75, 3.05) is 19.6 Å². The third-order valence-electron chi connectivity index (χ3n) is 3.14. The molecule has 0 spiro atoms. The quantitative estimate of drug-likeness (QED) is 0.768. The third-order valence-corrected chi connectivity index (χ3v) is 3.14. The Morgan fingerprint density at radius 3 is 2.71 bits per heavy atom. The molecule has 1 saturated heterocycles. The molecule has 1 unspecified atom stereocenters. The first-order valence-electron chi connectivity index (χ1n) is 6.50. The summed E-state index contributed by atoms with van der Waals surface area (Å²) < 4.78 is 0. The van der Waals surface area contributed by atoms with E-state index in [0.29, 0.717) is 5.92 Å². The Balaban J connectivity index is 2.51. The second-order valence-electron chi connectivity index (χ2n) is 6.24.